The third-order valence-corrected chi connectivity index (χ3v) is 3.87. The first kappa shape index (κ1) is 17.5. The zero-order chi connectivity index (χ0) is 17.8. The molecule has 1 aromatic heterocycles. The van der Waals surface area contributed by atoms with Gasteiger partial charge in [0.25, 0.3) is 0 Å². The molecule has 0 radical (unpaired) electrons. The van der Waals surface area contributed by atoms with E-state index in [0.717, 1.165) is 0 Å². The van der Waals surface area contributed by atoms with E-state index in [2.05, 4.69) is 9.97 Å². The van der Waals surface area contributed by atoms with Gasteiger partial charge in [0.1, 0.15) is 11.6 Å². The molecule has 3 aromatic rings. The number of benzene rings is 2. The molecule has 1 heterocycles. The summed E-state index contributed by atoms with van der Waals surface area (Å²) in [6, 6.07) is 13.2. The Morgan fingerprint density at radius 2 is 1.64 bits per heavy atom. The van der Waals surface area contributed by atoms with E-state index in [0.29, 0.717) is 29.3 Å². The van der Waals surface area contributed by atoms with Crippen molar-refractivity contribution in [2.45, 2.75) is 6.42 Å². The Kier molecular flexibility index (Phi) is 5.36. The molecule has 0 unspecified atom stereocenters. The van der Waals surface area contributed by atoms with Gasteiger partial charge in [0, 0.05) is 6.42 Å². The van der Waals surface area contributed by atoms with Crippen LogP contribution < -0.4 is 9.47 Å². The third-order valence-electron chi connectivity index (χ3n) is 3.36. The van der Waals surface area contributed by atoms with Gasteiger partial charge in [0.05, 0.1) is 7.11 Å². The summed E-state index contributed by atoms with van der Waals surface area (Å²) in [4.78, 5) is 8.38. The highest BCUT2D eigenvalue weighted by Crippen LogP contribution is 2.37. The fourth-order valence-corrected chi connectivity index (χ4v) is 2.74. The number of nitrogens with zero attached hydrogens (tertiary/aromatic N) is 2. The first-order chi connectivity index (χ1) is 12.1. The predicted octanol–water partition coefficient (Wildman–Crippen LogP) is 5.31. The van der Waals surface area contributed by atoms with E-state index < -0.39 is 0 Å². The van der Waals surface area contributed by atoms with E-state index in [1.807, 2.05) is 6.07 Å². The van der Waals surface area contributed by atoms with E-state index in [1.165, 1.54) is 19.2 Å². The minimum Gasteiger partial charge on any atom is -0.493 e. The van der Waals surface area contributed by atoms with Crippen LogP contribution >= 0.6 is 23.2 Å². The van der Waals surface area contributed by atoms with Gasteiger partial charge in [-0.15, -0.1) is 0 Å². The first-order valence-corrected chi connectivity index (χ1v) is 8.09. The van der Waals surface area contributed by atoms with Gasteiger partial charge in [-0.25, -0.2) is 14.4 Å². The highest BCUT2D eigenvalue weighted by atomic mass is 35.5. The van der Waals surface area contributed by atoms with Crippen LogP contribution in [0.25, 0.3) is 0 Å². The lowest BCUT2D eigenvalue weighted by Gasteiger charge is -2.12. The normalized spacial score (nSPS) is 10.6. The Morgan fingerprint density at radius 1 is 0.960 bits per heavy atom. The van der Waals surface area contributed by atoms with Crippen LogP contribution in [0.1, 0.15) is 11.4 Å². The smallest absolute Gasteiger partial charge is 0.202 e. The van der Waals surface area contributed by atoms with Gasteiger partial charge in [-0.3, -0.25) is 0 Å². The lowest BCUT2D eigenvalue weighted by atomic mass is 10.1. The van der Waals surface area contributed by atoms with Crippen LogP contribution in [0.2, 0.25) is 10.3 Å². The van der Waals surface area contributed by atoms with E-state index in [-0.39, 0.29) is 21.9 Å². The van der Waals surface area contributed by atoms with Crippen molar-refractivity contribution in [3.63, 3.8) is 0 Å². The monoisotopic (exact) mass is 378 g/mol. The lowest BCUT2D eigenvalue weighted by molar-refractivity contribution is 0.378. The summed E-state index contributed by atoms with van der Waals surface area (Å²) in [6.45, 7) is 0. The highest BCUT2D eigenvalue weighted by molar-refractivity contribution is 6.35. The molecule has 0 atom stereocenters. The van der Waals surface area contributed by atoms with Crippen molar-refractivity contribution in [1.29, 1.82) is 0 Å². The summed E-state index contributed by atoms with van der Waals surface area (Å²) in [5, 5.41) is 0.134. The highest BCUT2D eigenvalue weighted by Gasteiger charge is 2.16. The molecule has 0 saturated heterocycles. The van der Waals surface area contributed by atoms with E-state index in [1.54, 1.807) is 30.3 Å². The minimum absolute atomic E-state index is 0.0670. The van der Waals surface area contributed by atoms with E-state index >= 15 is 0 Å². The molecule has 4 nitrogen and oxygen atoms in total. The zero-order valence-electron chi connectivity index (χ0n) is 13.2. The zero-order valence-corrected chi connectivity index (χ0v) is 14.7. The number of methoxy groups -OCH3 is 1. The maximum atomic E-state index is 13.3. The van der Waals surface area contributed by atoms with Crippen LogP contribution in [0, 0.1) is 5.82 Å². The van der Waals surface area contributed by atoms with Crippen LogP contribution in [-0.4, -0.2) is 17.1 Å². The summed E-state index contributed by atoms with van der Waals surface area (Å²) in [5.74, 6) is 1.14. The Bertz CT molecular complexity index is 883. The van der Waals surface area contributed by atoms with Crippen molar-refractivity contribution >= 4 is 23.2 Å². The number of aromatic nitrogens is 2. The Morgan fingerprint density at radius 3 is 2.28 bits per heavy atom. The molecule has 128 valence electrons. The van der Waals surface area contributed by atoms with Crippen LogP contribution in [0.5, 0.6) is 17.2 Å². The number of hydrogen-bond acceptors (Lipinski definition) is 4. The molecule has 0 spiro atoms. The van der Waals surface area contributed by atoms with E-state index in [9.17, 15) is 4.39 Å². The van der Waals surface area contributed by atoms with Crippen molar-refractivity contribution in [2.24, 2.45) is 0 Å². The van der Waals surface area contributed by atoms with Crippen LogP contribution in [0.4, 0.5) is 4.39 Å². The van der Waals surface area contributed by atoms with Crippen molar-refractivity contribution < 1.29 is 13.9 Å². The van der Waals surface area contributed by atoms with Crippen LogP contribution in [0.3, 0.4) is 0 Å². The summed E-state index contributed by atoms with van der Waals surface area (Å²) in [5.41, 5.74) is 0.713. The van der Waals surface area contributed by atoms with Gasteiger partial charge in [0.15, 0.2) is 21.8 Å². The molecular weight excluding hydrogens is 366 g/mol. The average molecular weight is 379 g/mol. The molecule has 3 rings (SSSR count). The second-order valence-electron chi connectivity index (χ2n) is 5.11. The van der Waals surface area contributed by atoms with Crippen molar-refractivity contribution in [3.8, 4) is 17.2 Å². The molecule has 25 heavy (non-hydrogen) atoms. The fraction of sp³-hybridized carbons (Fsp3) is 0.111. The van der Waals surface area contributed by atoms with Gasteiger partial charge in [0.2, 0.25) is 5.75 Å². The Balaban J connectivity index is 1.87. The summed E-state index contributed by atoms with van der Waals surface area (Å²) >= 11 is 12.4. The van der Waals surface area contributed by atoms with Gasteiger partial charge >= 0.3 is 0 Å². The van der Waals surface area contributed by atoms with Crippen LogP contribution in [0.15, 0.2) is 48.5 Å². The number of hydrogen-bond donors (Lipinski definition) is 0. The lowest BCUT2D eigenvalue weighted by Crippen LogP contribution is -2.01. The SMILES string of the molecule is COc1ccccc1Oc1c(Cl)nc(Cc2cccc(F)c2)nc1Cl. The van der Waals surface area contributed by atoms with Gasteiger partial charge in [-0.05, 0) is 29.8 Å². The minimum atomic E-state index is -0.328. The molecule has 0 N–H and O–H groups in total. The van der Waals surface area contributed by atoms with Crippen molar-refractivity contribution in [3.05, 3.63) is 76.0 Å². The molecule has 0 saturated carbocycles. The van der Waals surface area contributed by atoms with Crippen molar-refractivity contribution in [2.75, 3.05) is 7.11 Å². The maximum Gasteiger partial charge on any atom is 0.202 e. The topological polar surface area (TPSA) is 44.2 Å². The van der Waals surface area contributed by atoms with Crippen molar-refractivity contribution in [1.82, 2.24) is 9.97 Å². The largest absolute Gasteiger partial charge is 0.493 e. The van der Waals surface area contributed by atoms with E-state index in [4.69, 9.17) is 32.7 Å². The van der Waals surface area contributed by atoms with Crippen LogP contribution in [-0.2, 0) is 6.42 Å². The molecule has 7 heteroatoms. The molecule has 0 amide bonds. The van der Waals surface area contributed by atoms with Gasteiger partial charge in [-0.1, -0.05) is 47.5 Å². The number of para-hydroxylation sites is 2. The third kappa shape index (κ3) is 4.18. The molecule has 0 aliphatic heterocycles. The second-order valence-corrected chi connectivity index (χ2v) is 5.83. The molecular formula is C18H13Cl2FN2O2. The van der Waals surface area contributed by atoms with Gasteiger partial charge < -0.3 is 9.47 Å². The predicted molar refractivity (Wildman–Crippen MR) is 94.3 cm³/mol. The second kappa shape index (κ2) is 7.68. The number of ether oxygens (including phenoxy) is 2. The first-order valence-electron chi connectivity index (χ1n) is 7.34. The summed E-state index contributed by atoms with van der Waals surface area (Å²) < 4.78 is 24.2. The summed E-state index contributed by atoms with van der Waals surface area (Å²) in [6.07, 6.45) is 0.298. The maximum absolute atomic E-state index is 13.3. The molecule has 0 aliphatic rings. The number of halogens is 3. The Hall–Kier alpha value is -2.37. The Labute approximate surface area is 154 Å². The molecule has 2 aromatic carbocycles. The summed E-state index contributed by atoms with van der Waals surface area (Å²) in [7, 11) is 1.53. The number of rotatable bonds is 5. The van der Waals surface area contributed by atoms with Gasteiger partial charge in [-0.2, -0.15) is 0 Å². The fourth-order valence-electron chi connectivity index (χ4n) is 2.24. The standard InChI is InChI=1S/C18H13Cl2FN2O2/c1-24-13-7-2-3-8-14(13)25-16-17(19)22-15(23-18(16)20)10-11-5-4-6-12(21)9-11/h2-9H,10H2,1H3. The average Bonchev–Trinajstić information content (AvgIpc) is 2.58. The molecule has 0 fully saturated rings. The molecule has 0 aliphatic carbocycles. The molecule has 0 bridgehead atoms. The quantitative estimate of drug-likeness (QED) is 0.564.